The first-order valence-electron chi connectivity index (χ1n) is 11.7. The Hall–Kier alpha value is -4.13. The maximum absolute atomic E-state index is 13.7. The normalized spacial score (nSPS) is 22.2. The number of azide groups is 1. The maximum atomic E-state index is 13.7. The number of carbonyl (C=O) groups excluding carboxylic acids is 3. The molecule has 1 aliphatic heterocycles. The number of para-hydroxylation sites is 2. The molecular weight excluding hydrogens is 553 g/mol. The number of nitrogens with zero attached hydrogens (tertiary/aromatic N) is 3. The quantitative estimate of drug-likeness (QED) is 0.0513. The summed E-state index contributed by atoms with van der Waals surface area (Å²) in [7, 11) is -4.63. The van der Waals surface area contributed by atoms with Crippen molar-refractivity contribution in [2.24, 2.45) is 5.11 Å². The third kappa shape index (κ3) is 8.97. The minimum Gasteiger partial charge on any atom is -0.463 e. The Labute approximate surface area is 228 Å². The number of hydrogen-bond acceptors (Lipinski definition) is 13. The van der Waals surface area contributed by atoms with Crippen LogP contribution in [0.3, 0.4) is 0 Å². The number of rotatable bonds is 12. The highest BCUT2D eigenvalue weighted by Crippen LogP contribution is 2.50. The van der Waals surface area contributed by atoms with Crippen LogP contribution < -0.4 is 9.05 Å². The van der Waals surface area contributed by atoms with Gasteiger partial charge in [0.2, 0.25) is 6.29 Å². The van der Waals surface area contributed by atoms with Gasteiger partial charge in [0, 0.05) is 25.7 Å². The van der Waals surface area contributed by atoms with Crippen LogP contribution >= 0.6 is 7.82 Å². The summed E-state index contributed by atoms with van der Waals surface area (Å²) in [6.45, 7) is 2.79. The second-order valence-corrected chi connectivity index (χ2v) is 9.52. The zero-order valence-corrected chi connectivity index (χ0v) is 22.4. The fourth-order valence-corrected chi connectivity index (χ4v) is 4.56. The van der Waals surface area contributed by atoms with E-state index in [4.69, 9.17) is 37.6 Å². The molecule has 0 bridgehead atoms. The zero-order chi connectivity index (χ0) is 29.1. The lowest BCUT2D eigenvalue weighted by molar-refractivity contribution is -0.370. The molecule has 2 aromatic rings. The van der Waals surface area contributed by atoms with Crippen LogP contribution in [-0.2, 0) is 47.5 Å². The van der Waals surface area contributed by atoms with E-state index in [-0.39, 0.29) is 11.5 Å². The molecule has 0 unspecified atom stereocenters. The summed E-state index contributed by atoms with van der Waals surface area (Å²) in [5, 5.41) is 3.56. The third-order valence-electron chi connectivity index (χ3n) is 5.00. The van der Waals surface area contributed by atoms with Crippen molar-refractivity contribution in [3.8, 4) is 11.5 Å². The van der Waals surface area contributed by atoms with E-state index in [1.165, 1.54) is 24.3 Å². The van der Waals surface area contributed by atoms with Gasteiger partial charge in [-0.15, -0.1) is 4.67 Å². The van der Waals surface area contributed by atoms with Crippen molar-refractivity contribution in [3.63, 3.8) is 0 Å². The first kappa shape index (κ1) is 30.4. The lowest BCUT2D eigenvalue weighted by atomic mass is 9.97. The Morgan fingerprint density at radius 3 is 1.88 bits per heavy atom. The smallest absolute Gasteiger partial charge is 0.463 e. The van der Waals surface area contributed by atoms with Crippen molar-refractivity contribution in [2.45, 2.75) is 51.4 Å². The molecule has 0 radical (unpaired) electrons. The van der Waals surface area contributed by atoms with Crippen LogP contribution in [-0.4, -0.2) is 55.2 Å². The fraction of sp³-hybridized carbons (Fsp3) is 0.375. The molecule has 214 valence electrons. The maximum Gasteiger partial charge on any atom is 0.615 e. The van der Waals surface area contributed by atoms with Gasteiger partial charge in [0.1, 0.15) is 30.3 Å². The summed E-state index contributed by atoms with van der Waals surface area (Å²) in [5.41, 5.74) is 9.20. The molecular formula is C24H26N3O12P. The average molecular weight is 579 g/mol. The van der Waals surface area contributed by atoms with E-state index in [1.807, 2.05) is 0 Å². The minimum absolute atomic E-state index is 0.0990. The fourth-order valence-electron chi connectivity index (χ4n) is 3.51. The summed E-state index contributed by atoms with van der Waals surface area (Å²) >= 11 is 0. The molecule has 16 heteroatoms. The summed E-state index contributed by atoms with van der Waals surface area (Å²) < 4.78 is 51.0. The topological polar surface area (TPSA) is 191 Å². The van der Waals surface area contributed by atoms with Crippen molar-refractivity contribution < 1.29 is 56.5 Å². The lowest BCUT2D eigenvalue weighted by Gasteiger charge is -2.42. The number of hydrogen-bond donors (Lipinski definition) is 0. The van der Waals surface area contributed by atoms with E-state index in [0.717, 1.165) is 20.8 Å². The van der Waals surface area contributed by atoms with E-state index in [9.17, 15) is 24.5 Å². The number of phosphoric acid groups is 1. The molecule has 1 saturated heterocycles. The van der Waals surface area contributed by atoms with E-state index in [2.05, 4.69) is 10.0 Å². The molecule has 2 aromatic carbocycles. The van der Waals surface area contributed by atoms with Gasteiger partial charge in [0.25, 0.3) is 0 Å². The van der Waals surface area contributed by atoms with E-state index < -0.39 is 63.0 Å². The molecule has 15 nitrogen and oxygen atoms in total. The Kier molecular flexibility index (Phi) is 10.9. The number of phosphoric ester groups is 1. The summed E-state index contributed by atoms with van der Waals surface area (Å²) in [4.78, 5) is 43.2. The van der Waals surface area contributed by atoms with Crippen LogP contribution in [0.5, 0.6) is 11.5 Å². The molecule has 0 aliphatic carbocycles. The van der Waals surface area contributed by atoms with Gasteiger partial charge in [0.15, 0.2) is 12.2 Å². The Bertz CT molecular complexity index is 1210. The van der Waals surface area contributed by atoms with Crippen LogP contribution in [0.2, 0.25) is 0 Å². The van der Waals surface area contributed by atoms with Crippen LogP contribution in [0.1, 0.15) is 20.8 Å². The lowest BCUT2D eigenvalue weighted by Crippen LogP contribution is -2.61. The van der Waals surface area contributed by atoms with E-state index >= 15 is 0 Å². The van der Waals surface area contributed by atoms with Gasteiger partial charge in [-0.2, -0.15) is 4.89 Å². The van der Waals surface area contributed by atoms with Crippen LogP contribution in [0.25, 0.3) is 10.4 Å². The molecule has 3 rings (SSSR count). The standard InChI is InChI=1S/C24H26N3O12P/c1-15(28)32-14-20-22(33-16(2)29)23(34-17(3)30)21(26-27-25)24(35-20)36-39-40(31,37-18-10-6-4-7-11-18)38-19-12-8-5-9-13-19/h4-13,20-24H,14H2,1-3H3/t20-,21-,22+,23-,24-/m1/s1. The van der Waals surface area contributed by atoms with E-state index in [0.29, 0.717) is 0 Å². The Balaban J connectivity index is 1.93. The van der Waals surface area contributed by atoms with E-state index in [1.54, 1.807) is 36.4 Å². The number of carbonyl (C=O) groups is 3. The van der Waals surface area contributed by atoms with Gasteiger partial charge >= 0.3 is 25.7 Å². The number of ether oxygens (including phenoxy) is 4. The Morgan fingerprint density at radius 1 is 0.875 bits per heavy atom. The molecule has 1 fully saturated rings. The molecule has 5 atom stereocenters. The second-order valence-electron chi connectivity index (χ2n) is 8.12. The third-order valence-corrected chi connectivity index (χ3v) is 6.14. The van der Waals surface area contributed by atoms with Gasteiger partial charge < -0.3 is 28.0 Å². The van der Waals surface area contributed by atoms with Crippen LogP contribution in [0.15, 0.2) is 65.8 Å². The predicted molar refractivity (Wildman–Crippen MR) is 133 cm³/mol. The van der Waals surface area contributed by atoms with Gasteiger partial charge in [-0.1, -0.05) is 41.5 Å². The molecule has 0 aromatic heterocycles. The van der Waals surface area contributed by atoms with Crippen molar-refractivity contribution in [1.82, 2.24) is 0 Å². The summed E-state index contributed by atoms with van der Waals surface area (Å²) in [5.74, 6) is -2.13. The van der Waals surface area contributed by atoms with Crippen molar-refractivity contribution in [2.75, 3.05) is 6.61 Å². The van der Waals surface area contributed by atoms with Crippen molar-refractivity contribution >= 4 is 25.7 Å². The predicted octanol–water partition coefficient (Wildman–Crippen LogP) is 4.03. The first-order valence-corrected chi connectivity index (χ1v) is 13.2. The number of benzene rings is 2. The highest BCUT2D eigenvalue weighted by Gasteiger charge is 2.52. The van der Waals surface area contributed by atoms with Crippen LogP contribution in [0.4, 0.5) is 0 Å². The molecule has 0 amide bonds. The molecule has 1 aliphatic rings. The minimum atomic E-state index is -4.63. The molecule has 40 heavy (non-hydrogen) atoms. The number of esters is 3. The zero-order valence-electron chi connectivity index (χ0n) is 21.6. The highest BCUT2D eigenvalue weighted by atomic mass is 31.2. The summed E-state index contributed by atoms with van der Waals surface area (Å²) in [6, 6.07) is 14.3. The van der Waals surface area contributed by atoms with Gasteiger partial charge in [-0.25, -0.2) is 4.57 Å². The van der Waals surface area contributed by atoms with Crippen molar-refractivity contribution in [1.29, 1.82) is 0 Å². The second kappa shape index (κ2) is 14.3. The molecule has 1 heterocycles. The molecule has 0 saturated carbocycles. The average Bonchev–Trinajstić information content (AvgIpc) is 2.90. The first-order chi connectivity index (χ1) is 19.1. The van der Waals surface area contributed by atoms with Gasteiger partial charge in [-0.3, -0.25) is 14.4 Å². The SMILES string of the molecule is CC(=O)OC[C@H]1O[C@H](OOP(=O)(Oc2ccccc2)Oc2ccccc2)[C@H](N=[N+]=[N-])[C@@H](OC(C)=O)[C@H]1OC(C)=O. The van der Waals surface area contributed by atoms with Gasteiger partial charge in [0.05, 0.1) is 0 Å². The summed E-state index contributed by atoms with van der Waals surface area (Å²) in [6.07, 6.45) is -5.95. The van der Waals surface area contributed by atoms with Crippen molar-refractivity contribution in [3.05, 3.63) is 71.1 Å². The Morgan fingerprint density at radius 2 is 1.40 bits per heavy atom. The largest absolute Gasteiger partial charge is 0.615 e. The highest BCUT2D eigenvalue weighted by molar-refractivity contribution is 7.49. The monoisotopic (exact) mass is 579 g/mol. The molecule has 0 N–H and O–H groups in total. The van der Waals surface area contributed by atoms with Crippen LogP contribution in [0, 0.1) is 0 Å². The molecule has 0 spiro atoms. The van der Waals surface area contributed by atoms with Gasteiger partial charge in [-0.05, 0) is 29.8 Å².